The maximum Gasteiger partial charge on any atom is 0.304 e. The van der Waals surface area contributed by atoms with Crippen LogP contribution >= 0.6 is 23.2 Å². The van der Waals surface area contributed by atoms with Gasteiger partial charge in [-0.25, -0.2) is 8.42 Å². The number of rotatable bonds is 10. The van der Waals surface area contributed by atoms with Crippen LogP contribution in [0.15, 0.2) is 48.5 Å². The van der Waals surface area contributed by atoms with E-state index in [2.05, 4.69) is 0 Å². The fourth-order valence-electron chi connectivity index (χ4n) is 6.10. The fourth-order valence-corrected chi connectivity index (χ4v) is 7.62. The van der Waals surface area contributed by atoms with Gasteiger partial charge in [0.15, 0.2) is 0 Å². The van der Waals surface area contributed by atoms with Crippen LogP contribution in [0.3, 0.4) is 0 Å². The Hall–Kier alpha value is -2.13. The number of amides is 1. The normalized spacial score (nSPS) is 24.8. The van der Waals surface area contributed by atoms with E-state index in [-0.39, 0.29) is 36.8 Å². The van der Waals surface area contributed by atoms with Crippen molar-refractivity contribution >= 4 is 45.1 Å². The quantitative estimate of drug-likeness (QED) is 0.365. The molecular formula is C29H36Cl2N2O5S. The van der Waals surface area contributed by atoms with Crippen LogP contribution in [0.1, 0.15) is 69.5 Å². The Labute approximate surface area is 241 Å². The van der Waals surface area contributed by atoms with Crippen molar-refractivity contribution in [1.82, 2.24) is 9.21 Å². The highest BCUT2D eigenvalue weighted by atomic mass is 35.5. The molecule has 2 fully saturated rings. The van der Waals surface area contributed by atoms with Crippen LogP contribution in [-0.2, 0) is 19.6 Å². The van der Waals surface area contributed by atoms with Crippen molar-refractivity contribution in [3.63, 3.8) is 0 Å². The predicted octanol–water partition coefficient (Wildman–Crippen LogP) is 5.98. The second-order valence-electron chi connectivity index (χ2n) is 11.5. The smallest absolute Gasteiger partial charge is 0.304 e. The van der Waals surface area contributed by atoms with Gasteiger partial charge in [0.05, 0.1) is 24.1 Å². The molecule has 1 aliphatic heterocycles. The highest BCUT2D eigenvalue weighted by Gasteiger charge is 2.55. The lowest BCUT2D eigenvalue weighted by Gasteiger charge is -2.52. The highest BCUT2D eigenvalue weighted by molar-refractivity contribution is 7.88. The number of halogens is 2. The average Bonchev–Trinajstić information content (AvgIpc) is 3.66. The van der Waals surface area contributed by atoms with Crippen molar-refractivity contribution < 1.29 is 23.1 Å². The van der Waals surface area contributed by atoms with E-state index in [0.29, 0.717) is 16.5 Å². The molecule has 2 aliphatic rings. The molecule has 212 valence electrons. The molecule has 0 bridgehead atoms. The zero-order chi connectivity index (χ0) is 28.7. The van der Waals surface area contributed by atoms with E-state index >= 15 is 0 Å². The third-order valence-electron chi connectivity index (χ3n) is 8.02. The van der Waals surface area contributed by atoms with Crippen LogP contribution in [0.5, 0.6) is 0 Å². The van der Waals surface area contributed by atoms with Crippen LogP contribution < -0.4 is 0 Å². The topological polar surface area (TPSA) is 95.0 Å². The first-order valence-corrected chi connectivity index (χ1v) is 15.8. The predicted molar refractivity (Wildman–Crippen MR) is 153 cm³/mol. The van der Waals surface area contributed by atoms with Crippen molar-refractivity contribution in [3.05, 3.63) is 69.7 Å². The van der Waals surface area contributed by atoms with E-state index in [1.807, 2.05) is 49.1 Å². The number of sulfonamides is 1. The maximum absolute atomic E-state index is 14.5. The first kappa shape index (κ1) is 29.8. The van der Waals surface area contributed by atoms with Crippen LogP contribution in [0.2, 0.25) is 10.0 Å². The van der Waals surface area contributed by atoms with Gasteiger partial charge in [-0.2, -0.15) is 4.31 Å². The van der Waals surface area contributed by atoms with Gasteiger partial charge < -0.3 is 10.0 Å². The third-order valence-corrected chi connectivity index (χ3v) is 9.93. The molecule has 39 heavy (non-hydrogen) atoms. The summed E-state index contributed by atoms with van der Waals surface area (Å²) in [5, 5.41) is 10.9. The Morgan fingerprint density at radius 1 is 1.10 bits per heavy atom. The number of nitrogens with zero attached hydrogens (tertiary/aromatic N) is 2. The van der Waals surface area contributed by atoms with E-state index in [0.717, 1.165) is 24.0 Å². The van der Waals surface area contributed by atoms with Gasteiger partial charge in [0.2, 0.25) is 15.9 Å². The molecule has 1 saturated heterocycles. The van der Waals surface area contributed by atoms with E-state index in [4.69, 9.17) is 23.2 Å². The molecule has 4 atom stereocenters. The third kappa shape index (κ3) is 6.62. The van der Waals surface area contributed by atoms with Gasteiger partial charge in [-0.15, -0.1) is 0 Å². The Balaban J connectivity index is 1.93. The molecular weight excluding hydrogens is 559 g/mol. The first-order chi connectivity index (χ1) is 18.2. The molecule has 1 amide bonds. The molecule has 2 unspecified atom stereocenters. The Morgan fingerprint density at radius 3 is 2.26 bits per heavy atom. The number of hydrogen-bond acceptors (Lipinski definition) is 4. The van der Waals surface area contributed by atoms with Crippen LogP contribution in [-0.4, -0.2) is 59.5 Å². The SMILES string of the molecule is CC(C)N(CC(C1CC1)N1C(=O)[C@@](C)(CC(=O)O)C[C@H](c2cccc(Cl)c2)C1c1ccc(Cl)cc1)S(C)(=O)=O. The van der Waals surface area contributed by atoms with Crippen LogP contribution in [0.25, 0.3) is 0 Å². The van der Waals surface area contributed by atoms with E-state index in [9.17, 15) is 23.1 Å². The lowest BCUT2D eigenvalue weighted by Crippen LogP contribution is -2.59. The summed E-state index contributed by atoms with van der Waals surface area (Å²) in [7, 11) is -3.56. The standard InChI is InChI=1S/C29H36Cl2N2O5S/c1-18(2)32(39(4,37)38)17-25(19-8-9-19)33-27(20-10-12-22(30)13-11-20)24(21-6-5-7-23(31)14-21)15-29(3,28(33)36)16-26(34)35/h5-7,10-14,18-19,24-25,27H,8-9,15-17H2,1-4H3,(H,34,35)/t24-,25?,27?,29-/m1/s1. The van der Waals surface area contributed by atoms with Crippen LogP contribution in [0.4, 0.5) is 0 Å². The van der Waals surface area contributed by atoms with E-state index < -0.39 is 33.5 Å². The first-order valence-electron chi connectivity index (χ1n) is 13.2. The van der Waals surface area contributed by atoms with Crippen molar-refractivity contribution in [2.75, 3.05) is 12.8 Å². The molecule has 1 heterocycles. The van der Waals surface area contributed by atoms with Gasteiger partial charge in [-0.1, -0.05) is 54.4 Å². The minimum atomic E-state index is -3.56. The number of carbonyl (C=O) groups is 2. The zero-order valence-electron chi connectivity index (χ0n) is 22.7. The largest absolute Gasteiger partial charge is 0.481 e. The van der Waals surface area contributed by atoms with Gasteiger partial charge >= 0.3 is 5.97 Å². The summed E-state index contributed by atoms with van der Waals surface area (Å²) >= 11 is 12.6. The van der Waals surface area contributed by atoms with Crippen molar-refractivity contribution in [3.8, 4) is 0 Å². The second-order valence-corrected chi connectivity index (χ2v) is 14.3. The minimum Gasteiger partial charge on any atom is -0.481 e. The number of carbonyl (C=O) groups excluding carboxylic acids is 1. The maximum atomic E-state index is 14.5. The molecule has 2 aromatic carbocycles. The van der Waals surface area contributed by atoms with Gasteiger partial charge in [0, 0.05) is 34.6 Å². The summed E-state index contributed by atoms with van der Waals surface area (Å²) in [6, 6.07) is 13.6. The number of aliphatic carboxylic acids is 1. The summed E-state index contributed by atoms with van der Waals surface area (Å²) in [4.78, 5) is 28.3. The Morgan fingerprint density at radius 2 is 1.74 bits per heavy atom. The lowest BCUT2D eigenvalue weighted by molar-refractivity contribution is -0.161. The van der Waals surface area contributed by atoms with Gasteiger partial charge in [0.1, 0.15) is 0 Å². The number of carboxylic acid groups (broad SMARTS) is 1. The second kappa shape index (κ2) is 11.4. The molecule has 1 saturated carbocycles. The van der Waals surface area contributed by atoms with Crippen molar-refractivity contribution in [2.24, 2.45) is 11.3 Å². The fraction of sp³-hybridized carbons (Fsp3) is 0.517. The van der Waals surface area contributed by atoms with Gasteiger partial charge in [-0.3, -0.25) is 9.59 Å². The number of carboxylic acids is 1. The lowest BCUT2D eigenvalue weighted by atomic mass is 9.67. The zero-order valence-corrected chi connectivity index (χ0v) is 25.0. The minimum absolute atomic E-state index is 0.110. The Kier molecular flexibility index (Phi) is 8.72. The Bertz CT molecular complexity index is 1330. The van der Waals surface area contributed by atoms with E-state index in [1.54, 1.807) is 25.1 Å². The number of likely N-dealkylation sites (tertiary alicyclic amines) is 1. The van der Waals surface area contributed by atoms with Gasteiger partial charge in [-0.05, 0) is 74.4 Å². The van der Waals surface area contributed by atoms with E-state index in [1.165, 1.54) is 10.6 Å². The summed E-state index contributed by atoms with van der Waals surface area (Å²) in [5.41, 5.74) is 0.564. The summed E-state index contributed by atoms with van der Waals surface area (Å²) in [5.74, 6) is -1.49. The number of benzene rings is 2. The van der Waals surface area contributed by atoms with Crippen LogP contribution in [0, 0.1) is 11.3 Å². The van der Waals surface area contributed by atoms with Gasteiger partial charge in [0.25, 0.3) is 0 Å². The molecule has 0 radical (unpaired) electrons. The molecule has 1 aliphatic carbocycles. The summed E-state index contributed by atoms with van der Waals surface area (Å²) in [6.07, 6.45) is 2.91. The summed E-state index contributed by atoms with van der Waals surface area (Å²) in [6.45, 7) is 5.50. The monoisotopic (exact) mass is 594 g/mol. The van der Waals surface area contributed by atoms with Crippen molar-refractivity contribution in [1.29, 1.82) is 0 Å². The molecule has 0 aromatic heterocycles. The molecule has 0 spiro atoms. The number of piperidine rings is 1. The number of hydrogen-bond donors (Lipinski definition) is 1. The van der Waals surface area contributed by atoms with Crippen molar-refractivity contribution in [2.45, 2.75) is 70.5 Å². The molecule has 4 rings (SSSR count). The molecule has 7 nitrogen and oxygen atoms in total. The molecule has 10 heteroatoms. The summed E-state index contributed by atoms with van der Waals surface area (Å²) < 4.78 is 27.1. The average molecular weight is 596 g/mol. The molecule has 2 aromatic rings. The molecule has 1 N–H and O–H groups in total. The highest BCUT2D eigenvalue weighted by Crippen LogP contribution is 2.54.